The van der Waals surface area contributed by atoms with Crippen LogP contribution in [0.3, 0.4) is 0 Å². The highest BCUT2D eigenvalue weighted by molar-refractivity contribution is 5.80. The van der Waals surface area contributed by atoms with Crippen LogP contribution < -0.4 is 14.8 Å². The van der Waals surface area contributed by atoms with Crippen molar-refractivity contribution in [3.63, 3.8) is 0 Å². The minimum Gasteiger partial charge on any atom is -0.493 e. The first-order chi connectivity index (χ1) is 11.2. The van der Waals surface area contributed by atoms with E-state index in [1.807, 2.05) is 0 Å². The van der Waals surface area contributed by atoms with Crippen molar-refractivity contribution >= 4 is 5.91 Å². The molecule has 5 heteroatoms. The first kappa shape index (κ1) is 16.1. The molecule has 0 atom stereocenters. The van der Waals surface area contributed by atoms with Gasteiger partial charge in [0.05, 0.1) is 7.11 Å². The molecule has 0 aliphatic heterocycles. The second-order valence-electron chi connectivity index (χ2n) is 6.55. The number of methoxy groups -OCH3 is 1. The van der Waals surface area contributed by atoms with E-state index >= 15 is 0 Å². The van der Waals surface area contributed by atoms with Crippen LogP contribution in [0.1, 0.15) is 44.9 Å². The Morgan fingerprint density at radius 1 is 1.17 bits per heavy atom. The molecular formula is C18H24FNO3. The predicted molar refractivity (Wildman–Crippen MR) is 85.1 cm³/mol. The standard InChI is InChI=1S/C18H24FNO3/c1-22-17-11-13(19)7-8-16(17)23-15-9-12(10-15)18(21)20-14-5-3-2-4-6-14/h7-8,11-12,14-15H,2-6,9-10H2,1H3,(H,20,21). The summed E-state index contributed by atoms with van der Waals surface area (Å²) in [7, 11) is 1.49. The van der Waals surface area contributed by atoms with E-state index in [0.29, 0.717) is 30.4 Å². The average molecular weight is 321 g/mol. The Kier molecular flexibility index (Phi) is 5.03. The number of hydrogen-bond acceptors (Lipinski definition) is 3. The molecule has 0 aromatic heterocycles. The van der Waals surface area contributed by atoms with E-state index in [0.717, 1.165) is 12.8 Å². The Morgan fingerprint density at radius 2 is 1.91 bits per heavy atom. The summed E-state index contributed by atoms with van der Waals surface area (Å²) in [6, 6.07) is 4.59. The molecule has 2 fully saturated rings. The summed E-state index contributed by atoms with van der Waals surface area (Å²) in [6.07, 6.45) is 7.33. The molecule has 1 aromatic carbocycles. The van der Waals surface area contributed by atoms with E-state index in [2.05, 4.69) is 5.32 Å². The van der Waals surface area contributed by atoms with E-state index in [-0.39, 0.29) is 23.7 Å². The van der Waals surface area contributed by atoms with Gasteiger partial charge in [-0.3, -0.25) is 4.79 Å². The smallest absolute Gasteiger partial charge is 0.223 e. The van der Waals surface area contributed by atoms with Gasteiger partial charge >= 0.3 is 0 Å². The molecule has 23 heavy (non-hydrogen) atoms. The first-order valence-electron chi connectivity index (χ1n) is 8.46. The van der Waals surface area contributed by atoms with E-state index in [4.69, 9.17) is 9.47 Å². The molecule has 0 saturated heterocycles. The van der Waals surface area contributed by atoms with E-state index in [1.54, 1.807) is 6.07 Å². The molecule has 0 unspecified atom stereocenters. The maximum absolute atomic E-state index is 13.2. The molecule has 2 aliphatic rings. The summed E-state index contributed by atoms with van der Waals surface area (Å²) in [5.41, 5.74) is 0. The molecular weight excluding hydrogens is 297 g/mol. The molecule has 0 spiro atoms. The van der Waals surface area contributed by atoms with Crippen molar-refractivity contribution in [1.29, 1.82) is 0 Å². The lowest BCUT2D eigenvalue weighted by atomic mass is 9.81. The van der Waals surface area contributed by atoms with Crippen molar-refractivity contribution in [1.82, 2.24) is 5.32 Å². The maximum atomic E-state index is 13.2. The van der Waals surface area contributed by atoms with Gasteiger partial charge in [-0.05, 0) is 37.8 Å². The van der Waals surface area contributed by atoms with E-state index < -0.39 is 0 Å². The van der Waals surface area contributed by atoms with Crippen molar-refractivity contribution in [3.8, 4) is 11.5 Å². The van der Waals surface area contributed by atoms with Gasteiger partial charge in [0.15, 0.2) is 11.5 Å². The highest BCUT2D eigenvalue weighted by atomic mass is 19.1. The van der Waals surface area contributed by atoms with Crippen LogP contribution in [0.4, 0.5) is 4.39 Å². The van der Waals surface area contributed by atoms with Gasteiger partial charge in [0.25, 0.3) is 0 Å². The monoisotopic (exact) mass is 321 g/mol. The van der Waals surface area contributed by atoms with Crippen molar-refractivity contribution in [3.05, 3.63) is 24.0 Å². The van der Waals surface area contributed by atoms with Crippen molar-refractivity contribution in [2.24, 2.45) is 5.92 Å². The number of ether oxygens (including phenoxy) is 2. The highest BCUT2D eigenvalue weighted by Gasteiger charge is 2.37. The second-order valence-corrected chi connectivity index (χ2v) is 6.55. The molecule has 3 rings (SSSR count). The molecule has 126 valence electrons. The van der Waals surface area contributed by atoms with Crippen molar-refractivity contribution in [2.45, 2.75) is 57.1 Å². The highest BCUT2D eigenvalue weighted by Crippen LogP contribution is 2.36. The number of amides is 1. The number of nitrogens with one attached hydrogen (secondary N) is 1. The summed E-state index contributed by atoms with van der Waals surface area (Å²) in [5, 5.41) is 3.17. The predicted octanol–water partition coefficient (Wildman–Crippen LogP) is 3.44. The van der Waals surface area contributed by atoms with Gasteiger partial charge in [0, 0.05) is 18.0 Å². The maximum Gasteiger partial charge on any atom is 0.223 e. The normalized spacial score (nSPS) is 24.6. The fraction of sp³-hybridized carbons (Fsp3) is 0.611. The quantitative estimate of drug-likeness (QED) is 0.904. The number of halogens is 1. The zero-order valence-corrected chi connectivity index (χ0v) is 13.5. The van der Waals surface area contributed by atoms with Gasteiger partial charge in [-0.2, -0.15) is 0 Å². The van der Waals surface area contributed by atoms with Gasteiger partial charge in [-0.15, -0.1) is 0 Å². The molecule has 0 bridgehead atoms. The molecule has 4 nitrogen and oxygen atoms in total. The Labute approximate surface area is 136 Å². The van der Waals surface area contributed by atoms with Crippen LogP contribution in [0.5, 0.6) is 11.5 Å². The summed E-state index contributed by atoms with van der Waals surface area (Å²) in [5.74, 6) is 0.758. The zero-order chi connectivity index (χ0) is 16.2. The number of benzene rings is 1. The van der Waals surface area contributed by atoms with Crippen LogP contribution in [0.2, 0.25) is 0 Å². The number of carbonyl (C=O) groups is 1. The third-order valence-electron chi connectivity index (χ3n) is 4.84. The lowest BCUT2D eigenvalue weighted by Crippen LogP contribution is -2.47. The topological polar surface area (TPSA) is 47.6 Å². The Bertz CT molecular complexity index is 551. The third kappa shape index (κ3) is 3.95. The minimum absolute atomic E-state index is 0.00327. The van der Waals surface area contributed by atoms with Crippen LogP contribution in [-0.2, 0) is 4.79 Å². The first-order valence-corrected chi connectivity index (χ1v) is 8.46. The SMILES string of the molecule is COc1cc(F)ccc1OC1CC(C(=O)NC2CCCCC2)C1. The summed E-state index contributed by atoms with van der Waals surface area (Å²) in [6.45, 7) is 0. The number of rotatable bonds is 5. The van der Waals surface area contributed by atoms with Gasteiger partial charge in [-0.25, -0.2) is 4.39 Å². The van der Waals surface area contributed by atoms with Crippen LogP contribution in [0.15, 0.2) is 18.2 Å². The van der Waals surface area contributed by atoms with Gasteiger partial charge < -0.3 is 14.8 Å². The molecule has 2 saturated carbocycles. The van der Waals surface area contributed by atoms with Crippen LogP contribution in [-0.4, -0.2) is 25.2 Å². The fourth-order valence-electron chi connectivity index (χ4n) is 3.36. The third-order valence-corrected chi connectivity index (χ3v) is 4.84. The average Bonchev–Trinajstić information content (AvgIpc) is 2.52. The second kappa shape index (κ2) is 7.20. The molecule has 0 radical (unpaired) electrons. The lowest BCUT2D eigenvalue weighted by molar-refractivity contribution is -0.131. The van der Waals surface area contributed by atoms with Crippen LogP contribution >= 0.6 is 0 Å². The number of hydrogen-bond donors (Lipinski definition) is 1. The Balaban J connectivity index is 1.46. The summed E-state index contributed by atoms with van der Waals surface area (Å²) in [4.78, 5) is 12.2. The summed E-state index contributed by atoms with van der Waals surface area (Å²) < 4.78 is 24.1. The van der Waals surface area contributed by atoms with E-state index in [1.165, 1.54) is 38.5 Å². The summed E-state index contributed by atoms with van der Waals surface area (Å²) >= 11 is 0. The number of carbonyl (C=O) groups excluding carboxylic acids is 1. The fourth-order valence-corrected chi connectivity index (χ4v) is 3.36. The molecule has 2 aliphatic carbocycles. The Morgan fingerprint density at radius 3 is 2.61 bits per heavy atom. The zero-order valence-electron chi connectivity index (χ0n) is 13.5. The molecule has 0 heterocycles. The van der Waals surface area contributed by atoms with E-state index in [9.17, 15) is 9.18 Å². The lowest BCUT2D eigenvalue weighted by Gasteiger charge is -2.36. The van der Waals surface area contributed by atoms with Gasteiger partial charge in [0.1, 0.15) is 11.9 Å². The molecule has 1 aromatic rings. The van der Waals surface area contributed by atoms with Crippen molar-refractivity contribution < 1.29 is 18.7 Å². The van der Waals surface area contributed by atoms with Crippen LogP contribution in [0.25, 0.3) is 0 Å². The molecule has 1 N–H and O–H groups in total. The minimum atomic E-state index is -0.354. The van der Waals surface area contributed by atoms with Gasteiger partial charge in [-0.1, -0.05) is 19.3 Å². The largest absolute Gasteiger partial charge is 0.493 e. The van der Waals surface area contributed by atoms with Crippen LogP contribution in [0, 0.1) is 11.7 Å². The Hall–Kier alpha value is -1.78. The van der Waals surface area contributed by atoms with Gasteiger partial charge in [0.2, 0.25) is 5.91 Å². The molecule has 1 amide bonds. The van der Waals surface area contributed by atoms with Crippen molar-refractivity contribution in [2.75, 3.05) is 7.11 Å².